The summed E-state index contributed by atoms with van der Waals surface area (Å²) in [5.41, 5.74) is 0.945. The first-order valence-electron chi connectivity index (χ1n) is 11.3. The highest BCUT2D eigenvalue weighted by Crippen LogP contribution is 2.39. The molecule has 0 bridgehead atoms. The number of hydrogen-bond donors (Lipinski definition) is 0. The van der Waals surface area contributed by atoms with Crippen LogP contribution in [0, 0.1) is 35.0 Å². The highest BCUT2D eigenvalue weighted by molar-refractivity contribution is 5.67. The zero-order chi connectivity index (χ0) is 23.5. The Kier molecular flexibility index (Phi) is 7.01. The summed E-state index contributed by atoms with van der Waals surface area (Å²) in [7, 11) is 0. The first kappa shape index (κ1) is 23.3. The van der Waals surface area contributed by atoms with Crippen LogP contribution in [0.3, 0.4) is 0 Å². The highest BCUT2D eigenvalue weighted by atomic mass is 19.2. The maximum absolute atomic E-state index is 15.1. The van der Waals surface area contributed by atoms with E-state index in [1.807, 2.05) is 6.07 Å². The summed E-state index contributed by atoms with van der Waals surface area (Å²) >= 11 is 0. The van der Waals surface area contributed by atoms with Gasteiger partial charge in [-0.1, -0.05) is 44.0 Å². The average Bonchev–Trinajstić information content (AvgIpc) is 2.80. The minimum atomic E-state index is -1.64. The topological polar surface area (TPSA) is 9.23 Å². The summed E-state index contributed by atoms with van der Waals surface area (Å²) in [5, 5.41) is 0. The van der Waals surface area contributed by atoms with Crippen molar-refractivity contribution in [3.8, 4) is 22.6 Å². The minimum Gasteiger partial charge on any atom is -0.454 e. The molecule has 3 aromatic carbocycles. The molecule has 1 aliphatic rings. The van der Waals surface area contributed by atoms with E-state index < -0.39 is 34.8 Å². The molecule has 3 aromatic rings. The van der Waals surface area contributed by atoms with Crippen LogP contribution < -0.4 is 4.74 Å². The molecule has 33 heavy (non-hydrogen) atoms. The third-order valence-electron chi connectivity index (χ3n) is 6.45. The molecular formula is C27H25F5O. The molecule has 0 unspecified atom stereocenters. The molecule has 0 atom stereocenters. The van der Waals surface area contributed by atoms with Crippen LogP contribution in [0.4, 0.5) is 22.0 Å². The lowest BCUT2D eigenvalue weighted by Gasteiger charge is -2.28. The first-order valence-corrected chi connectivity index (χ1v) is 11.3. The van der Waals surface area contributed by atoms with Crippen LogP contribution >= 0.6 is 0 Å². The van der Waals surface area contributed by atoms with Crippen LogP contribution in [0.25, 0.3) is 11.1 Å². The van der Waals surface area contributed by atoms with Crippen molar-refractivity contribution in [2.24, 2.45) is 5.92 Å². The minimum absolute atomic E-state index is 0.0359. The fraction of sp³-hybridized carbons (Fsp3) is 0.333. The normalized spacial score (nSPS) is 18.4. The molecule has 0 aliphatic heterocycles. The highest BCUT2D eigenvalue weighted by Gasteiger charge is 2.23. The predicted octanol–water partition coefficient (Wildman–Crippen LogP) is 8.92. The number of halogens is 5. The fourth-order valence-corrected chi connectivity index (χ4v) is 4.71. The average molecular weight is 460 g/mol. The van der Waals surface area contributed by atoms with Gasteiger partial charge in [0.25, 0.3) is 0 Å². The molecule has 0 aromatic heterocycles. The van der Waals surface area contributed by atoms with Crippen molar-refractivity contribution in [2.45, 2.75) is 51.4 Å². The first-order chi connectivity index (χ1) is 15.9. The van der Waals surface area contributed by atoms with E-state index in [4.69, 9.17) is 4.74 Å². The number of hydrogen-bond acceptors (Lipinski definition) is 1. The number of benzene rings is 3. The van der Waals surface area contributed by atoms with Gasteiger partial charge in [0.15, 0.2) is 29.0 Å². The van der Waals surface area contributed by atoms with Gasteiger partial charge >= 0.3 is 0 Å². The van der Waals surface area contributed by atoms with Gasteiger partial charge in [-0.15, -0.1) is 0 Å². The van der Waals surface area contributed by atoms with E-state index >= 15 is 8.78 Å². The lowest BCUT2D eigenvalue weighted by Crippen LogP contribution is -2.13. The Morgan fingerprint density at radius 3 is 2.09 bits per heavy atom. The Bertz CT molecular complexity index is 1110. The Morgan fingerprint density at radius 1 is 0.758 bits per heavy atom. The molecule has 0 heterocycles. The summed E-state index contributed by atoms with van der Waals surface area (Å²) in [6, 6.07) is 10.2. The molecule has 1 saturated carbocycles. The van der Waals surface area contributed by atoms with E-state index in [2.05, 4.69) is 6.92 Å². The number of ether oxygens (including phenoxy) is 1. The summed E-state index contributed by atoms with van der Waals surface area (Å²) in [5.74, 6) is -5.68. The standard InChI is InChI=1S/C27H25F5O/c1-2-4-16-7-9-17(10-8-16)18-11-12-20(22(28)13-18)21-5-3-6-25(26(21)31)33-19-14-23(29)27(32)24(30)15-19/h3,5-6,11-17H,2,4,7-10H2,1H3. The maximum Gasteiger partial charge on any atom is 0.194 e. The third kappa shape index (κ3) is 5.05. The third-order valence-corrected chi connectivity index (χ3v) is 6.45. The second kappa shape index (κ2) is 9.94. The Balaban J connectivity index is 1.56. The molecule has 0 amide bonds. The lowest BCUT2D eigenvalue weighted by molar-refractivity contribution is 0.308. The van der Waals surface area contributed by atoms with E-state index in [1.54, 1.807) is 6.07 Å². The van der Waals surface area contributed by atoms with Gasteiger partial charge in [0.05, 0.1) is 0 Å². The van der Waals surface area contributed by atoms with Crippen LogP contribution in [0.2, 0.25) is 0 Å². The molecule has 174 valence electrons. The van der Waals surface area contributed by atoms with Crippen molar-refractivity contribution in [3.05, 3.63) is 83.2 Å². The number of rotatable bonds is 6. The van der Waals surface area contributed by atoms with Crippen molar-refractivity contribution in [1.82, 2.24) is 0 Å². The van der Waals surface area contributed by atoms with Gasteiger partial charge in [-0.25, -0.2) is 22.0 Å². The van der Waals surface area contributed by atoms with Crippen molar-refractivity contribution in [2.75, 3.05) is 0 Å². The van der Waals surface area contributed by atoms with Gasteiger partial charge in [-0.3, -0.25) is 0 Å². The molecule has 1 nitrogen and oxygen atoms in total. The predicted molar refractivity (Wildman–Crippen MR) is 118 cm³/mol. The van der Waals surface area contributed by atoms with Crippen molar-refractivity contribution < 1.29 is 26.7 Å². The van der Waals surface area contributed by atoms with Crippen molar-refractivity contribution in [3.63, 3.8) is 0 Å². The Labute approximate surface area is 190 Å². The monoisotopic (exact) mass is 460 g/mol. The molecule has 0 radical (unpaired) electrons. The van der Waals surface area contributed by atoms with Gasteiger partial charge in [0.2, 0.25) is 0 Å². The van der Waals surface area contributed by atoms with Gasteiger partial charge in [-0.2, -0.15) is 0 Å². The summed E-state index contributed by atoms with van der Waals surface area (Å²) in [6.45, 7) is 2.19. The van der Waals surface area contributed by atoms with Crippen molar-refractivity contribution >= 4 is 0 Å². The SMILES string of the molecule is CCCC1CCC(c2ccc(-c3cccc(Oc4cc(F)c(F)c(F)c4)c3F)c(F)c2)CC1. The van der Waals surface area contributed by atoms with Crippen molar-refractivity contribution in [1.29, 1.82) is 0 Å². The zero-order valence-electron chi connectivity index (χ0n) is 18.3. The Hall–Kier alpha value is -2.89. The van der Waals surface area contributed by atoms with E-state index in [0.29, 0.717) is 18.1 Å². The molecule has 0 N–H and O–H groups in total. The van der Waals surface area contributed by atoms with E-state index in [1.165, 1.54) is 37.1 Å². The molecule has 0 spiro atoms. The molecule has 6 heteroatoms. The van der Waals surface area contributed by atoms with Gasteiger partial charge in [0.1, 0.15) is 11.6 Å². The van der Waals surface area contributed by atoms with Gasteiger partial charge < -0.3 is 4.74 Å². The Morgan fingerprint density at radius 2 is 1.45 bits per heavy atom. The summed E-state index contributed by atoms with van der Waals surface area (Å²) < 4.78 is 75.4. The zero-order valence-corrected chi connectivity index (χ0v) is 18.3. The van der Waals surface area contributed by atoms with Crippen LogP contribution in [0.15, 0.2) is 48.5 Å². The van der Waals surface area contributed by atoms with E-state index in [0.717, 1.165) is 37.2 Å². The molecule has 0 saturated heterocycles. The van der Waals surface area contributed by atoms with Gasteiger partial charge in [-0.05, 0) is 55.2 Å². The second-order valence-electron chi connectivity index (χ2n) is 8.67. The molecular weight excluding hydrogens is 435 g/mol. The molecule has 1 fully saturated rings. The summed E-state index contributed by atoms with van der Waals surface area (Å²) in [6.07, 6.45) is 6.73. The van der Waals surface area contributed by atoms with Crippen LogP contribution in [-0.2, 0) is 0 Å². The smallest absolute Gasteiger partial charge is 0.194 e. The fourth-order valence-electron chi connectivity index (χ4n) is 4.71. The van der Waals surface area contributed by atoms with Crippen LogP contribution in [-0.4, -0.2) is 0 Å². The second-order valence-corrected chi connectivity index (χ2v) is 8.67. The summed E-state index contributed by atoms with van der Waals surface area (Å²) in [4.78, 5) is 0. The lowest BCUT2D eigenvalue weighted by atomic mass is 9.77. The van der Waals surface area contributed by atoms with Gasteiger partial charge in [0, 0.05) is 23.3 Å². The van der Waals surface area contributed by atoms with E-state index in [-0.39, 0.29) is 16.9 Å². The van der Waals surface area contributed by atoms with Crippen LogP contribution in [0.5, 0.6) is 11.5 Å². The van der Waals surface area contributed by atoms with Crippen LogP contribution in [0.1, 0.15) is 56.9 Å². The molecule has 1 aliphatic carbocycles. The molecule has 4 rings (SSSR count). The quantitative estimate of drug-likeness (QED) is 0.264. The maximum atomic E-state index is 15.1. The van der Waals surface area contributed by atoms with E-state index in [9.17, 15) is 13.2 Å². The largest absolute Gasteiger partial charge is 0.454 e.